The summed E-state index contributed by atoms with van der Waals surface area (Å²) in [7, 11) is 0. The van der Waals surface area contributed by atoms with Crippen LogP contribution in [0, 0.1) is 0 Å². The van der Waals surface area contributed by atoms with Gasteiger partial charge in [0.15, 0.2) is 5.82 Å². The molecule has 6 heteroatoms. The molecule has 0 unspecified atom stereocenters. The van der Waals surface area contributed by atoms with E-state index in [-0.39, 0.29) is 18.2 Å². The van der Waals surface area contributed by atoms with Gasteiger partial charge in [-0.3, -0.25) is 14.3 Å². The summed E-state index contributed by atoms with van der Waals surface area (Å²) in [6.45, 7) is 4.55. The number of nitrogens with zero attached hydrogens (tertiary/aromatic N) is 2. The molecule has 1 aliphatic rings. The summed E-state index contributed by atoms with van der Waals surface area (Å²) >= 11 is 0. The molecular weight excluding hydrogens is 244 g/mol. The van der Waals surface area contributed by atoms with E-state index in [0.717, 1.165) is 19.4 Å². The lowest BCUT2D eigenvalue weighted by atomic mass is 10.1. The summed E-state index contributed by atoms with van der Waals surface area (Å²) in [4.78, 5) is 22.6. The number of fused-ring (bicyclic) bond motifs is 1. The first-order valence-electron chi connectivity index (χ1n) is 6.46. The van der Waals surface area contributed by atoms with Gasteiger partial charge in [-0.1, -0.05) is 6.58 Å². The van der Waals surface area contributed by atoms with Crippen LogP contribution in [0.25, 0.3) is 0 Å². The highest BCUT2D eigenvalue weighted by molar-refractivity contribution is 5.91. The number of carbonyl (C=O) groups is 2. The van der Waals surface area contributed by atoms with Crippen LogP contribution in [-0.2, 0) is 22.6 Å². The largest absolute Gasteiger partial charge is 0.352 e. The Hall–Kier alpha value is -2.11. The van der Waals surface area contributed by atoms with E-state index < -0.39 is 0 Å². The van der Waals surface area contributed by atoms with Gasteiger partial charge in [-0.05, 0) is 25.3 Å². The van der Waals surface area contributed by atoms with Gasteiger partial charge in [0.05, 0.1) is 0 Å². The van der Waals surface area contributed by atoms with Crippen molar-refractivity contribution in [1.82, 2.24) is 15.1 Å². The highest BCUT2D eigenvalue weighted by Gasteiger charge is 2.13. The third kappa shape index (κ3) is 3.67. The molecule has 0 bridgehead atoms. The Morgan fingerprint density at radius 3 is 3.05 bits per heavy atom. The lowest BCUT2D eigenvalue weighted by Gasteiger charge is -2.11. The number of carbonyl (C=O) groups excluding carboxylic acids is 2. The molecule has 2 N–H and O–H groups in total. The predicted molar refractivity (Wildman–Crippen MR) is 71.6 cm³/mol. The fourth-order valence-electron chi connectivity index (χ4n) is 2.06. The minimum atomic E-state index is -0.273. The molecule has 1 aliphatic heterocycles. The van der Waals surface area contributed by atoms with Crippen molar-refractivity contribution in [3.63, 3.8) is 0 Å². The average Bonchev–Trinajstić information content (AvgIpc) is 2.80. The number of aromatic nitrogens is 2. The van der Waals surface area contributed by atoms with E-state index in [1.165, 1.54) is 18.2 Å². The van der Waals surface area contributed by atoms with E-state index in [0.29, 0.717) is 12.4 Å². The molecule has 1 aromatic rings. The van der Waals surface area contributed by atoms with Crippen molar-refractivity contribution in [1.29, 1.82) is 0 Å². The molecule has 0 aliphatic carbocycles. The summed E-state index contributed by atoms with van der Waals surface area (Å²) < 4.78 is 1.94. The Kier molecular flexibility index (Phi) is 4.33. The van der Waals surface area contributed by atoms with Crippen molar-refractivity contribution >= 4 is 17.6 Å². The van der Waals surface area contributed by atoms with E-state index >= 15 is 0 Å². The molecule has 0 aromatic carbocycles. The molecule has 6 nitrogen and oxygen atoms in total. The van der Waals surface area contributed by atoms with Crippen LogP contribution in [0.5, 0.6) is 0 Å². The number of hydrogen-bond acceptors (Lipinski definition) is 3. The maximum absolute atomic E-state index is 11.7. The smallest absolute Gasteiger partial charge is 0.243 e. The quantitative estimate of drug-likeness (QED) is 0.772. The van der Waals surface area contributed by atoms with Gasteiger partial charge in [0, 0.05) is 31.3 Å². The van der Waals surface area contributed by atoms with Crippen LogP contribution in [0.2, 0.25) is 0 Å². The van der Waals surface area contributed by atoms with Crippen LogP contribution in [-0.4, -0.2) is 28.1 Å². The third-order valence-corrected chi connectivity index (χ3v) is 3.02. The highest BCUT2D eigenvalue weighted by atomic mass is 16.2. The standard InChI is InChI=1S/C13H18N4O2/c1-2-12(18)14-7-6-13(19)15-11-9-10-5-3-4-8-17(10)16-11/h2,9H,1,3-8H2,(H,14,18)(H,15,16,19). The van der Waals surface area contributed by atoms with Gasteiger partial charge in [0.25, 0.3) is 0 Å². The summed E-state index contributed by atoms with van der Waals surface area (Å²) in [6, 6.07) is 1.92. The molecule has 0 radical (unpaired) electrons. The fraction of sp³-hybridized carbons (Fsp3) is 0.462. The molecule has 0 fully saturated rings. The first kappa shape index (κ1) is 13.3. The molecule has 2 rings (SSSR count). The Morgan fingerprint density at radius 1 is 1.47 bits per heavy atom. The second-order valence-corrected chi connectivity index (χ2v) is 4.49. The maximum atomic E-state index is 11.7. The maximum Gasteiger partial charge on any atom is 0.243 e. The highest BCUT2D eigenvalue weighted by Crippen LogP contribution is 2.17. The lowest BCUT2D eigenvalue weighted by molar-refractivity contribution is -0.117. The number of anilines is 1. The van der Waals surface area contributed by atoms with Crippen LogP contribution in [0.1, 0.15) is 25.0 Å². The molecule has 0 saturated carbocycles. The van der Waals surface area contributed by atoms with E-state index in [4.69, 9.17) is 0 Å². The van der Waals surface area contributed by atoms with Crippen LogP contribution in [0.4, 0.5) is 5.82 Å². The molecule has 2 heterocycles. The fourth-order valence-corrected chi connectivity index (χ4v) is 2.06. The van der Waals surface area contributed by atoms with E-state index in [2.05, 4.69) is 22.3 Å². The molecule has 1 aromatic heterocycles. The minimum Gasteiger partial charge on any atom is -0.352 e. The zero-order chi connectivity index (χ0) is 13.7. The number of aryl methyl sites for hydroxylation is 2. The van der Waals surface area contributed by atoms with Gasteiger partial charge < -0.3 is 10.6 Å². The first-order valence-corrected chi connectivity index (χ1v) is 6.46. The molecule has 102 valence electrons. The average molecular weight is 262 g/mol. The van der Waals surface area contributed by atoms with Crippen LogP contribution in [0.3, 0.4) is 0 Å². The van der Waals surface area contributed by atoms with Crippen molar-refractivity contribution in [3.8, 4) is 0 Å². The minimum absolute atomic E-state index is 0.153. The van der Waals surface area contributed by atoms with Crippen LogP contribution >= 0.6 is 0 Å². The third-order valence-electron chi connectivity index (χ3n) is 3.02. The normalized spacial score (nSPS) is 13.5. The van der Waals surface area contributed by atoms with Gasteiger partial charge >= 0.3 is 0 Å². The van der Waals surface area contributed by atoms with Gasteiger partial charge in [0.1, 0.15) is 0 Å². The van der Waals surface area contributed by atoms with E-state index in [1.54, 1.807) is 0 Å². The lowest BCUT2D eigenvalue weighted by Crippen LogP contribution is -2.26. The Bertz CT molecular complexity index is 469. The van der Waals surface area contributed by atoms with E-state index in [1.807, 2.05) is 10.7 Å². The molecule has 0 spiro atoms. The van der Waals surface area contributed by atoms with Gasteiger partial charge in [-0.15, -0.1) is 0 Å². The Morgan fingerprint density at radius 2 is 2.32 bits per heavy atom. The van der Waals surface area contributed by atoms with Gasteiger partial charge in [0.2, 0.25) is 11.8 Å². The second kappa shape index (κ2) is 6.17. The molecule has 2 amide bonds. The summed E-state index contributed by atoms with van der Waals surface area (Å²) in [6.07, 6.45) is 4.73. The van der Waals surface area contributed by atoms with Crippen molar-refractivity contribution in [3.05, 3.63) is 24.4 Å². The number of rotatable bonds is 5. The summed E-state index contributed by atoms with van der Waals surface area (Å²) in [5, 5.41) is 9.63. The molecule has 19 heavy (non-hydrogen) atoms. The van der Waals surface area contributed by atoms with Gasteiger partial charge in [-0.25, -0.2) is 0 Å². The Balaban J connectivity index is 1.80. The van der Waals surface area contributed by atoms with Crippen LogP contribution < -0.4 is 10.6 Å². The van der Waals surface area contributed by atoms with Crippen molar-refractivity contribution in [2.45, 2.75) is 32.2 Å². The first-order chi connectivity index (χ1) is 9.19. The summed E-state index contributed by atoms with van der Waals surface area (Å²) in [5.74, 6) is 0.169. The van der Waals surface area contributed by atoms with E-state index in [9.17, 15) is 9.59 Å². The number of hydrogen-bond donors (Lipinski definition) is 2. The number of amides is 2. The molecule has 0 saturated heterocycles. The van der Waals surface area contributed by atoms with Crippen molar-refractivity contribution in [2.75, 3.05) is 11.9 Å². The monoisotopic (exact) mass is 262 g/mol. The number of nitrogens with one attached hydrogen (secondary N) is 2. The SMILES string of the molecule is C=CC(=O)NCCC(=O)Nc1cc2n(n1)CCCC2. The van der Waals surface area contributed by atoms with Crippen molar-refractivity contribution < 1.29 is 9.59 Å². The topological polar surface area (TPSA) is 76.0 Å². The zero-order valence-corrected chi connectivity index (χ0v) is 10.8. The second-order valence-electron chi connectivity index (χ2n) is 4.49. The summed E-state index contributed by atoms with van der Waals surface area (Å²) in [5.41, 5.74) is 1.17. The zero-order valence-electron chi connectivity index (χ0n) is 10.8. The van der Waals surface area contributed by atoms with Crippen LogP contribution in [0.15, 0.2) is 18.7 Å². The molecule has 0 atom stereocenters. The van der Waals surface area contributed by atoms with Crippen molar-refractivity contribution in [2.24, 2.45) is 0 Å². The molecular formula is C13H18N4O2. The van der Waals surface area contributed by atoms with Gasteiger partial charge in [-0.2, -0.15) is 5.10 Å². The Labute approximate surface area is 111 Å². The predicted octanol–water partition coefficient (Wildman–Crippen LogP) is 0.850.